The molecule has 0 heterocycles. The van der Waals surface area contributed by atoms with E-state index in [2.05, 4.69) is 18.5 Å². The monoisotopic (exact) mass is 301 g/mol. The van der Waals surface area contributed by atoms with Crippen molar-refractivity contribution in [2.45, 2.75) is 32.2 Å². The van der Waals surface area contributed by atoms with Gasteiger partial charge in [0.05, 0.1) is 12.0 Å². The molecule has 1 N–H and O–H groups in total. The largest absolute Gasteiger partial charge is 0.463 e. The minimum Gasteiger partial charge on any atom is -0.463 e. The number of benzene rings is 1. The van der Waals surface area contributed by atoms with Crippen molar-refractivity contribution >= 4 is 5.97 Å². The Morgan fingerprint density at radius 1 is 1.27 bits per heavy atom. The zero-order chi connectivity index (χ0) is 16.2. The summed E-state index contributed by atoms with van der Waals surface area (Å²) in [6, 6.07) is 10.1. The van der Waals surface area contributed by atoms with E-state index in [4.69, 9.17) is 4.74 Å². The lowest BCUT2D eigenvalue weighted by molar-refractivity contribution is -0.148. The number of unbranched alkanes of at least 4 members (excludes halogenated alkanes) is 1. The number of hydrogen-bond donors (Lipinski definition) is 1. The number of hydrogen-bond acceptors (Lipinski definition) is 3. The molecule has 1 aromatic rings. The fourth-order valence-corrected chi connectivity index (χ4v) is 2.13. The molecule has 0 aliphatic rings. The molecule has 0 aromatic heterocycles. The van der Waals surface area contributed by atoms with Gasteiger partial charge in [-0.25, -0.2) is 0 Å². The van der Waals surface area contributed by atoms with Crippen molar-refractivity contribution in [2.75, 3.05) is 13.2 Å². The van der Waals surface area contributed by atoms with Crippen LogP contribution in [0.4, 0.5) is 0 Å². The van der Waals surface area contributed by atoms with Crippen LogP contribution in [0.3, 0.4) is 0 Å². The number of carbonyl (C=O) groups excluding carboxylic acids is 1. The first-order valence-corrected chi connectivity index (χ1v) is 7.85. The van der Waals surface area contributed by atoms with Crippen LogP contribution in [0.1, 0.15) is 37.8 Å². The van der Waals surface area contributed by atoms with Crippen molar-refractivity contribution in [3.63, 3.8) is 0 Å². The van der Waals surface area contributed by atoms with E-state index in [9.17, 15) is 4.79 Å². The second kappa shape index (κ2) is 10.8. The molecule has 0 spiro atoms. The zero-order valence-corrected chi connectivity index (χ0v) is 13.5. The number of ether oxygens (including phenoxy) is 1. The zero-order valence-electron chi connectivity index (χ0n) is 13.5. The minimum atomic E-state index is -0.172. The normalized spacial score (nSPS) is 13.1. The van der Waals surface area contributed by atoms with Gasteiger partial charge in [0.1, 0.15) is 6.61 Å². The molecule has 0 saturated heterocycles. The molecule has 0 saturated carbocycles. The molecule has 0 radical (unpaired) electrons. The van der Waals surface area contributed by atoms with Gasteiger partial charge in [0, 0.05) is 0 Å². The lowest BCUT2D eigenvalue weighted by Gasteiger charge is -2.20. The molecular weight excluding hydrogens is 274 g/mol. The van der Waals surface area contributed by atoms with E-state index in [0.717, 1.165) is 24.9 Å². The Morgan fingerprint density at radius 3 is 2.64 bits per heavy atom. The minimum absolute atomic E-state index is 0.0193. The predicted octanol–water partition coefficient (Wildman–Crippen LogP) is 4.04. The quantitative estimate of drug-likeness (QED) is 0.381. The Morgan fingerprint density at radius 2 is 2.00 bits per heavy atom. The Hall–Kier alpha value is -1.87. The summed E-state index contributed by atoms with van der Waals surface area (Å²) in [4.78, 5) is 11.9. The van der Waals surface area contributed by atoms with Gasteiger partial charge < -0.3 is 10.1 Å². The van der Waals surface area contributed by atoms with E-state index in [1.165, 1.54) is 0 Å². The van der Waals surface area contributed by atoms with Crippen LogP contribution in [0, 0.1) is 5.92 Å². The molecule has 2 atom stereocenters. The van der Waals surface area contributed by atoms with Gasteiger partial charge in [0.25, 0.3) is 0 Å². The Labute approximate surface area is 134 Å². The van der Waals surface area contributed by atoms with Gasteiger partial charge >= 0.3 is 5.97 Å². The molecule has 0 aliphatic heterocycles. The van der Waals surface area contributed by atoms with Gasteiger partial charge in [-0.2, -0.15) is 0 Å². The van der Waals surface area contributed by atoms with Gasteiger partial charge in [-0.3, -0.25) is 4.79 Å². The van der Waals surface area contributed by atoms with Gasteiger partial charge in [-0.1, -0.05) is 49.4 Å². The van der Waals surface area contributed by atoms with Crippen molar-refractivity contribution in [2.24, 2.45) is 5.92 Å². The summed E-state index contributed by atoms with van der Waals surface area (Å²) >= 11 is 0. The van der Waals surface area contributed by atoms with Gasteiger partial charge in [0.15, 0.2) is 0 Å². The summed E-state index contributed by atoms with van der Waals surface area (Å²) in [5.74, 6) is -0.316. The first kappa shape index (κ1) is 18.2. The first-order chi connectivity index (χ1) is 10.7. The second-order valence-corrected chi connectivity index (χ2v) is 5.40. The number of esters is 1. The summed E-state index contributed by atoms with van der Waals surface area (Å²) in [6.07, 6.45) is 6.30. The van der Waals surface area contributed by atoms with Crippen LogP contribution >= 0.6 is 0 Å². The highest BCUT2D eigenvalue weighted by atomic mass is 16.5. The van der Waals surface area contributed by atoms with Crippen LogP contribution in [0.15, 0.2) is 55.6 Å². The first-order valence-electron chi connectivity index (χ1n) is 7.85. The SMILES string of the molecule is C=CCCCN[C@H](COC(=O)C(C)CC=C)c1ccccc1. The van der Waals surface area contributed by atoms with Crippen molar-refractivity contribution in [3.05, 3.63) is 61.2 Å². The number of nitrogens with one attached hydrogen (secondary N) is 1. The van der Waals surface area contributed by atoms with Gasteiger partial charge in [-0.05, 0) is 31.4 Å². The topological polar surface area (TPSA) is 38.3 Å². The maximum absolute atomic E-state index is 11.9. The van der Waals surface area contributed by atoms with Crippen LogP contribution in [-0.2, 0) is 9.53 Å². The van der Waals surface area contributed by atoms with Crippen molar-refractivity contribution in [1.29, 1.82) is 0 Å². The predicted molar refractivity (Wildman–Crippen MR) is 91.6 cm³/mol. The van der Waals surface area contributed by atoms with Gasteiger partial charge in [0.2, 0.25) is 0 Å². The van der Waals surface area contributed by atoms with Crippen LogP contribution in [0.2, 0.25) is 0 Å². The molecule has 3 nitrogen and oxygen atoms in total. The molecule has 0 fully saturated rings. The van der Waals surface area contributed by atoms with Crippen LogP contribution in [-0.4, -0.2) is 19.1 Å². The van der Waals surface area contributed by atoms with E-state index in [1.54, 1.807) is 6.08 Å². The smallest absolute Gasteiger partial charge is 0.309 e. The number of carbonyl (C=O) groups is 1. The average Bonchev–Trinajstić information content (AvgIpc) is 2.55. The number of rotatable bonds is 11. The lowest BCUT2D eigenvalue weighted by atomic mass is 10.1. The lowest BCUT2D eigenvalue weighted by Crippen LogP contribution is -2.28. The van der Waals surface area contributed by atoms with Crippen LogP contribution in [0.5, 0.6) is 0 Å². The van der Waals surface area contributed by atoms with Crippen LogP contribution in [0.25, 0.3) is 0 Å². The highest BCUT2D eigenvalue weighted by Gasteiger charge is 2.17. The molecule has 120 valence electrons. The standard InChI is InChI=1S/C19H27NO2/c1-4-6-10-14-20-18(17-12-8-7-9-13-17)15-22-19(21)16(3)11-5-2/h4-5,7-9,12-13,16,18,20H,1-2,6,10-11,14-15H2,3H3/t16?,18-/m1/s1. The van der Waals surface area contributed by atoms with E-state index >= 15 is 0 Å². The third-order valence-corrected chi connectivity index (χ3v) is 3.49. The molecule has 1 rings (SSSR count). The highest BCUT2D eigenvalue weighted by molar-refractivity contribution is 5.72. The van der Waals surface area contributed by atoms with Gasteiger partial charge in [-0.15, -0.1) is 13.2 Å². The van der Waals surface area contributed by atoms with E-state index in [-0.39, 0.29) is 17.9 Å². The fourth-order valence-electron chi connectivity index (χ4n) is 2.13. The third kappa shape index (κ3) is 6.72. The molecule has 1 aromatic carbocycles. The molecule has 0 amide bonds. The Kier molecular flexibility index (Phi) is 8.92. The second-order valence-electron chi connectivity index (χ2n) is 5.40. The summed E-state index contributed by atoms with van der Waals surface area (Å²) < 4.78 is 5.46. The molecular formula is C19H27NO2. The highest BCUT2D eigenvalue weighted by Crippen LogP contribution is 2.15. The summed E-state index contributed by atoms with van der Waals surface area (Å²) in [6.45, 7) is 10.5. The van der Waals surface area contributed by atoms with Crippen molar-refractivity contribution < 1.29 is 9.53 Å². The Bertz CT molecular complexity index is 456. The molecule has 1 unspecified atom stereocenters. The number of allylic oxidation sites excluding steroid dienone is 2. The summed E-state index contributed by atoms with van der Waals surface area (Å²) in [7, 11) is 0. The maximum Gasteiger partial charge on any atom is 0.309 e. The third-order valence-electron chi connectivity index (χ3n) is 3.49. The van der Waals surface area contributed by atoms with E-state index in [0.29, 0.717) is 13.0 Å². The van der Waals surface area contributed by atoms with Crippen LogP contribution < -0.4 is 5.32 Å². The molecule has 3 heteroatoms. The van der Waals surface area contributed by atoms with Crippen molar-refractivity contribution in [3.8, 4) is 0 Å². The molecule has 0 aliphatic carbocycles. The fraction of sp³-hybridized carbons (Fsp3) is 0.421. The van der Waals surface area contributed by atoms with E-state index < -0.39 is 0 Å². The average molecular weight is 301 g/mol. The van der Waals surface area contributed by atoms with E-state index in [1.807, 2.05) is 43.3 Å². The molecule has 0 bridgehead atoms. The van der Waals surface area contributed by atoms with Crippen molar-refractivity contribution in [1.82, 2.24) is 5.32 Å². The maximum atomic E-state index is 11.9. The Balaban J connectivity index is 2.56. The summed E-state index contributed by atoms with van der Waals surface area (Å²) in [5, 5.41) is 3.45. The summed E-state index contributed by atoms with van der Waals surface area (Å²) in [5.41, 5.74) is 1.13. The molecule has 22 heavy (non-hydrogen) atoms.